The van der Waals surface area contributed by atoms with E-state index in [0.717, 1.165) is 0 Å². The van der Waals surface area contributed by atoms with Crippen LogP contribution in [0.5, 0.6) is 0 Å². The number of nitrogens with one attached hydrogen (secondary N) is 2. The molecule has 0 radical (unpaired) electrons. The molecule has 0 saturated carbocycles. The third-order valence-electron chi connectivity index (χ3n) is 5.78. The second-order valence-electron chi connectivity index (χ2n) is 8.11. The Bertz CT molecular complexity index is 1440. The molecular formula is C27H25FN4O3. The van der Waals surface area contributed by atoms with E-state index in [-0.39, 0.29) is 41.4 Å². The summed E-state index contributed by atoms with van der Waals surface area (Å²) in [5, 5.41) is 5.45. The van der Waals surface area contributed by atoms with E-state index in [1.807, 2.05) is 30.3 Å². The summed E-state index contributed by atoms with van der Waals surface area (Å²) in [6, 6.07) is 21.9. The molecule has 8 heteroatoms. The first-order valence-corrected chi connectivity index (χ1v) is 11.1. The molecule has 0 bridgehead atoms. The minimum Gasteiger partial charge on any atom is -0.326 e. The van der Waals surface area contributed by atoms with Crippen LogP contribution in [-0.4, -0.2) is 21.2 Å². The second-order valence-corrected chi connectivity index (χ2v) is 8.11. The maximum Gasteiger partial charge on any atom is 0.295 e. The van der Waals surface area contributed by atoms with Crippen LogP contribution in [0.2, 0.25) is 0 Å². The molecule has 0 fully saturated rings. The van der Waals surface area contributed by atoms with Crippen LogP contribution < -0.4 is 16.2 Å². The normalized spacial score (nSPS) is 10.7. The summed E-state index contributed by atoms with van der Waals surface area (Å²) in [5.41, 5.74) is 2.31. The first kappa shape index (κ1) is 23.7. The average molecular weight is 473 g/mol. The molecule has 178 valence electrons. The van der Waals surface area contributed by atoms with E-state index in [4.69, 9.17) is 0 Å². The van der Waals surface area contributed by atoms with E-state index in [9.17, 15) is 18.8 Å². The second kappa shape index (κ2) is 10.2. The predicted octanol–water partition coefficient (Wildman–Crippen LogP) is 4.45. The van der Waals surface area contributed by atoms with Gasteiger partial charge >= 0.3 is 0 Å². The third-order valence-corrected chi connectivity index (χ3v) is 5.78. The number of carbonyl (C=O) groups excluding carboxylic acids is 2. The van der Waals surface area contributed by atoms with Gasteiger partial charge in [-0.3, -0.25) is 19.1 Å². The number of rotatable bonds is 7. The zero-order chi connectivity index (χ0) is 24.9. The van der Waals surface area contributed by atoms with Gasteiger partial charge in [0, 0.05) is 24.7 Å². The van der Waals surface area contributed by atoms with Crippen molar-refractivity contribution >= 4 is 23.2 Å². The van der Waals surface area contributed by atoms with Gasteiger partial charge in [0.25, 0.3) is 11.5 Å². The lowest BCUT2D eigenvalue weighted by molar-refractivity contribution is -0.116. The molecule has 35 heavy (non-hydrogen) atoms. The van der Waals surface area contributed by atoms with Crippen molar-refractivity contribution in [2.75, 3.05) is 10.6 Å². The number of carbonyl (C=O) groups is 2. The lowest BCUT2D eigenvalue weighted by Gasteiger charge is -2.08. The maximum absolute atomic E-state index is 13.8. The maximum atomic E-state index is 13.8. The number of hydrogen-bond acceptors (Lipinski definition) is 3. The molecule has 4 aromatic rings. The Morgan fingerprint density at radius 2 is 1.63 bits per heavy atom. The lowest BCUT2D eigenvalue weighted by Crippen LogP contribution is -2.23. The van der Waals surface area contributed by atoms with Crippen molar-refractivity contribution in [3.63, 3.8) is 0 Å². The molecule has 2 amide bonds. The van der Waals surface area contributed by atoms with Crippen LogP contribution in [0.15, 0.2) is 83.7 Å². The van der Waals surface area contributed by atoms with Crippen LogP contribution in [0, 0.1) is 12.7 Å². The number of anilines is 2. The van der Waals surface area contributed by atoms with Gasteiger partial charge < -0.3 is 10.6 Å². The van der Waals surface area contributed by atoms with Gasteiger partial charge in [-0.25, -0.2) is 9.07 Å². The van der Waals surface area contributed by atoms with Crippen molar-refractivity contribution < 1.29 is 14.0 Å². The highest BCUT2D eigenvalue weighted by Crippen LogP contribution is 2.17. The van der Waals surface area contributed by atoms with Crippen molar-refractivity contribution in [3.05, 3.63) is 112 Å². The summed E-state index contributed by atoms with van der Waals surface area (Å²) < 4.78 is 16.9. The summed E-state index contributed by atoms with van der Waals surface area (Å²) in [7, 11) is 1.75. The fraction of sp³-hybridized carbons (Fsp3) is 0.148. The topological polar surface area (TPSA) is 85.1 Å². The molecule has 4 rings (SSSR count). The van der Waals surface area contributed by atoms with Gasteiger partial charge in [-0.2, -0.15) is 0 Å². The van der Waals surface area contributed by atoms with Crippen LogP contribution >= 0.6 is 0 Å². The minimum atomic E-state index is -0.474. The molecule has 1 aromatic heterocycles. The Morgan fingerprint density at radius 1 is 0.914 bits per heavy atom. The molecule has 0 aliphatic heterocycles. The highest BCUT2D eigenvalue weighted by molar-refractivity contribution is 6.05. The number of amides is 2. The summed E-state index contributed by atoms with van der Waals surface area (Å²) in [6.45, 7) is 1.75. The Labute approximate surface area is 201 Å². The highest BCUT2D eigenvalue weighted by Gasteiger charge is 2.19. The molecule has 0 spiro atoms. The average Bonchev–Trinajstić information content (AvgIpc) is 3.07. The quantitative estimate of drug-likeness (QED) is 0.417. The first-order chi connectivity index (χ1) is 16.8. The Balaban J connectivity index is 1.46. The molecule has 2 N–H and O–H groups in total. The van der Waals surface area contributed by atoms with E-state index in [1.165, 1.54) is 16.8 Å². The summed E-state index contributed by atoms with van der Waals surface area (Å²) in [5.74, 6) is -1.12. The van der Waals surface area contributed by atoms with Crippen LogP contribution in [0.3, 0.4) is 0 Å². The number of para-hydroxylation sites is 1. The van der Waals surface area contributed by atoms with Gasteiger partial charge in [0.05, 0.1) is 11.4 Å². The number of hydrogen-bond donors (Lipinski definition) is 2. The summed E-state index contributed by atoms with van der Waals surface area (Å²) >= 11 is 0. The zero-order valence-corrected chi connectivity index (χ0v) is 19.4. The molecule has 7 nitrogen and oxygen atoms in total. The van der Waals surface area contributed by atoms with E-state index >= 15 is 0 Å². The standard InChI is InChI=1S/C27H25FN4O3/c1-18-25(27(35)32(31(18)2)22-12-4-3-5-13-22)30-26(34)20-10-8-11-21(17-20)29-24(33)16-15-19-9-6-7-14-23(19)28/h3-14,17H,15-16H2,1-2H3,(H,29,33)(H,30,34). The highest BCUT2D eigenvalue weighted by atomic mass is 19.1. The van der Waals surface area contributed by atoms with Crippen molar-refractivity contribution in [1.29, 1.82) is 0 Å². The Morgan fingerprint density at radius 3 is 2.37 bits per heavy atom. The van der Waals surface area contributed by atoms with Crippen molar-refractivity contribution in [1.82, 2.24) is 9.36 Å². The van der Waals surface area contributed by atoms with E-state index < -0.39 is 5.91 Å². The van der Waals surface area contributed by atoms with Crippen LogP contribution in [-0.2, 0) is 18.3 Å². The molecule has 0 unspecified atom stereocenters. The van der Waals surface area contributed by atoms with E-state index in [0.29, 0.717) is 22.6 Å². The molecule has 0 atom stereocenters. The van der Waals surface area contributed by atoms with Crippen molar-refractivity contribution in [2.24, 2.45) is 7.05 Å². The molecular weight excluding hydrogens is 447 g/mol. The molecule has 0 saturated heterocycles. The van der Waals surface area contributed by atoms with E-state index in [1.54, 1.807) is 55.1 Å². The van der Waals surface area contributed by atoms with Gasteiger partial charge in [0.15, 0.2) is 0 Å². The largest absolute Gasteiger partial charge is 0.326 e. The van der Waals surface area contributed by atoms with Crippen LogP contribution in [0.25, 0.3) is 5.69 Å². The SMILES string of the molecule is Cc1c(NC(=O)c2cccc(NC(=O)CCc3ccccc3F)c2)c(=O)n(-c2ccccc2)n1C. The number of benzene rings is 3. The fourth-order valence-corrected chi connectivity index (χ4v) is 3.81. The molecule has 1 heterocycles. The first-order valence-electron chi connectivity index (χ1n) is 11.1. The lowest BCUT2D eigenvalue weighted by atomic mass is 10.1. The van der Waals surface area contributed by atoms with Gasteiger partial charge in [-0.15, -0.1) is 0 Å². The van der Waals surface area contributed by atoms with Gasteiger partial charge in [-0.05, 0) is 55.3 Å². The van der Waals surface area contributed by atoms with Crippen LogP contribution in [0.4, 0.5) is 15.8 Å². The monoisotopic (exact) mass is 472 g/mol. The molecule has 0 aliphatic rings. The summed E-state index contributed by atoms with van der Waals surface area (Å²) in [4.78, 5) is 38.3. The number of aromatic nitrogens is 2. The predicted molar refractivity (Wildman–Crippen MR) is 133 cm³/mol. The zero-order valence-electron chi connectivity index (χ0n) is 19.4. The van der Waals surface area contributed by atoms with Crippen molar-refractivity contribution in [2.45, 2.75) is 19.8 Å². The number of nitrogens with zero attached hydrogens (tertiary/aromatic N) is 2. The summed E-state index contributed by atoms with van der Waals surface area (Å²) in [6.07, 6.45) is 0.360. The number of halogens is 1. The van der Waals surface area contributed by atoms with Gasteiger partial charge in [-0.1, -0.05) is 42.5 Å². The molecule has 0 aliphatic carbocycles. The van der Waals surface area contributed by atoms with Gasteiger partial charge in [0.1, 0.15) is 11.5 Å². The van der Waals surface area contributed by atoms with Crippen molar-refractivity contribution in [3.8, 4) is 5.69 Å². The Hall–Kier alpha value is -4.46. The smallest absolute Gasteiger partial charge is 0.295 e. The molecule has 3 aromatic carbocycles. The van der Waals surface area contributed by atoms with E-state index in [2.05, 4.69) is 10.6 Å². The van der Waals surface area contributed by atoms with Gasteiger partial charge in [0.2, 0.25) is 5.91 Å². The third kappa shape index (κ3) is 5.22. The minimum absolute atomic E-state index is 0.0968. The fourth-order valence-electron chi connectivity index (χ4n) is 3.81. The van der Waals surface area contributed by atoms with Crippen LogP contribution in [0.1, 0.15) is 28.0 Å². The number of aryl methyl sites for hydroxylation is 1. The Kier molecular flexibility index (Phi) is 6.91.